The molecule has 2 atom stereocenters. The van der Waals surface area contributed by atoms with Crippen molar-refractivity contribution in [2.45, 2.75) is 35.2 Å². The highest BCUT2D eigenvalue weighted by Crippen LogP contribution is 2.47. The Morgan fingerprint density at radius 2 is 2.15 bits per heavy atom. The zero-order valence-corrected chi connectivity index (χ0v) is 9.66. The summed E-state index contributed by atoms with van der Waals surface area (Å²) in [5.41, 5.74) is 1.48. The van der Waals surface area contributed by atoms with E-state index >= 15 is 0 Å². The van der Waals surface area contributed by atoms with Crippen LogP contribution in [0.5, 0.6) is 0 Å². The van der Waals surface area contributed by atoms with Crippen LogP contribution in [0.2, 0.25) is 0 Å². The van der Waals surface area contributed by atoms with Gasteiger partial charge < -0.3 is 0 Å². The molecule has 2 heteroatoms. The van der Waals surface area contributed by atoms with Crippen LogP contribution in [0.3, 0.4) is 0 Å². The van der Waals surface area contributed by atoms with Gasteiger partial charge in [-0.1, -0.05) is 25.1 Å². The van der Waals surface area contributed by atoms with Crippen molar-refractivity contribution in [3.8, 4) is 0 Å². The SMILES string of the molecule is CC(S)C1(C)Cc2ccccc2S1. The van der Waals surface area contributed by atoms with Crippen molar-refractivity contribution < 1.29 is 0 Å². The molecule has 0 N–H and O–H groups in total. The van der Waals surface area contributed by atoms with Gasteiger partial charge in [0.2, 0.25) is 0 Å². The van der Waals surface area contributed by atoms with E-state index in [9.17, 15) is 0 Å². The minimum absolute atomic E-state index is 0.285. The summed E-state index contributed by atoms with van der Waals surface area (Å²) in [5, 5.41) is 0.435. The van der Waals surface area contributed by atoms with Gasteiger partial charge in [0.05, 0.1) is 0 Å². The second kappa shape index (κ2) is 3.25. The Labute approximate surface area is 89.5 Å². The van der Waals surface area contributed by atoms with Crippen LogP contribution in [0.4, 0.5) is 0 Å². The number of fused-ring (bicyclic) bond motifs is 1. The Morgan fingerprint density at radius 3 is 2.77 bits per heavy atom. The van der Waals surface area contributed by atoms with Gasteiger partial charge in [-0.05, 0) is 25.0 Å². The van der Waals surface area contributed by atoms with E-state index in [1.165, 1.54) is 10.5 Å². The van der Waals surface area contributed by atoms with Crippen LogP contribution < -0.4 is 0 Å². The van der Waals surface area contributed by atoms with Crippen molar-refractivity contribution in [1.29, 1.82) is 0 Å². The maximum absolute atomic E-state index is 4.56. The van der Waals surface area contributed by atoms with E-state index < -0.39 is 0 Å². The number of hydrogen-bond donors (Lipinski definition) is 1. The summed E-state index contributed by atoms with van der Waals surface area (Å²) in [7, 11) is 0. The van der Waals surface area contributed by atoms with Gasteiger partial charge in [0.1, 0.15) is 0 Å². The molecule has 0 spiro atoms. The van der Waals surface area contributed by atoms with Gasteiger partial charge in [-0.3, -0.25) is 0 Å². The van der Waals surface area contributed by atoms with E-state index in [4.69, 9.17) is 0 Å². The summed E-state index contributed by atoms with van der Waals surface area (Å²) in [6.45, 7) is 4.48. The summed E-state index contributed by atoms with van der Waals surface area (Å²) in [4.78, 5) is 1.44. The number of benzene rings is 1. The summed E-state index contributed by atoms with van der Waals surface area (Å²) in [6.07, 6.45) is 1.15. The molecule has 0 amide bonds. The van der Waals surface area contributed by atoms with Gasteiger partial charge in [0.25, 0.3) is 0 Å². The first kappa shape index (κ1) is 9.47. The Bertz CT molecular complexity index is 293. The number of hydrogen-bond acceptors (Lipinski definition) is 2. The monoisotopic (exact) mass is 210 g/mol. The summed E-state index contributed by atoms with van der Waals surface area (Å²) in [6, 6.07) is 8.67. The van der Waals surface area contributed by atoms with Gasteiger partial charge in [-0.25, -0.2) is 0 Å². The second-order valence-electron chi connectivity index (χ2n) is 3.88. The lowest BCUT2D eigenvalue weighted by Crippen LogP contribution is -2.29. The Balaban J connectivity index is 2.32. The fraction of sp³-hybridized carbons (Fsp3) is 0.455. The van der Waals surface area contributed by atoms with E-state index in [1.807, 2.05) is 11.8 Å². The van der Waals surface area contributed by atoms with Crippen molar-refractivity contribution in [3.63, 3.8) is 0 Å². The molecule has 1 aromatic carbocycles. The molecule has 1 aliphatic rings. The van der Waals surface area contributed by atoms with Crippen LogP contribution in [-0.4, -0.2) is 10.00 Å². The fourth-order valence-electron chi connectivity index (χ4n) is 1.65. The van der Waals surface area contributed by atoms with Crippen LogP contribution >= 0.6 is 24.4 Å². The Morgan fingerprint density at radius 1 is 1.46 bits per heavy atom. The van der Waals surface area contributed by atoms with E-state index in [2.05, 4.69) is 50.7 Å². The third kappa shape index (κ3) is 1.62. The molecule has 0 fully saturated rings. The highest BCUT2D eigenvalue weighted by atomic mass is 32.2. The molecule has 13 heavy (non-hydrogen) atoms. The minimum Gasteiger partial charge on any atom is -0.175 e. The van der Waals surface area contributed by atoms with Crippen LogP contribution in [0, 0.1) is 0 Å². The van der Waals surface area contributed by atoms with E-state index in [0.29, 0.717) is 5.25 Å². The Hall–Kier alpha value is -0.0800. The molecule has 0 bridgehead atoms. The van der Waals surface area contributed by atoms with Gasteiger partial charge in [0.15, 0.2) is 0 Å². The van der Waals surface area contributed by atoms with Crippen molar-refractivity contribution in [1.82, 2.24) is 0 Å². The third-order valence-electron chi connectivity index (χ3n) is 2.74. The van der Waals surface area contributed by atoms with E-state index in [1.54, 1.807) is 0 Å². The summed E-state index contributed by atoms with van der Waals surface area (Å²) in [5.74, 6) is 0. The average Bonchev–Trinajstić information content (AvgIpc) is 2.42. The van der Waals surface area contributed by atoms with Crippen molar-refractivity contribution >= 4 is 24.4 Å². The molecule has 2 rings (SSSR count). The fourth-order valence-corrected chi connectivity index (χ4v) is 3.22. The van der Waals surface area contributed by atoms with Crippen molar-refractivity contribution in [3.05, 3.63) is 29.8 Å². The topological polar surface area (TPSA) is 0 Å². The first-order chi connectivity index (χ1) is 6.12. The van der Waals surface area contributed by atoms with Crippen LogP contribution in [0.25, 0.3) is 0 Å². The average molecular weight is 210 g/mol. The summed E-state index contributed by atoms with van der Waals surface area (Å²) >= 11 is 6.53. The third-order valence-corrected chi connectivity index (χ3v) is 5.07. The zero-order valence-electron chi connectivity index (χ0n) is 7.95. The Kier molecular flexibility index (Phi) is 2.37. The minimum atomic E-state index is 0.285. The number of thiol groups is 1. The zero-order chi connectivity index (χ0) is 9.47. The molecule has 1 heterocycles. The maximum atomic E-state index is 4.56. The van der Waals surface area contributed by atoms with Crippen molar-refractivity contribution in [2.75, 3.05) is 0 Å². The molecular weight excluding hydrogens is 196 g/mol. The van der Waals surface area contributed by atoms with E-state index in [-0.39, 0.29) is 4.75 Å². The van der Waals surface area contributed by atoms with Gasteiger partial charge in [-0.2, -0.15) is 12.6 Å². The lowest BCUT2D eigenvalue weighted by atomic mass is 9.98. The second-order valence-corrected chi connectivity index (χ2v) is 6.23. The standard InChI is InChI=1S/C11H14S2/c1-8(12)11(2)7-9-5-3-4-6-10(9)13-11/h3-6,8,12H,7H2,1-2H3. The molecule has 0 radical (unpaired) electrons. The predicted octanol–water partition coefficient (Wildman–Crippen LogP) is 3.41. The van der Waals surface area contributed by atoms with Crippen molar-refractivity contribution in [2.24, 2.45) is 0 Å². The molecule has 0 aromatic heterocycles. The molecule has 0 nitrogen and oxygen atoms in total. The van der Waals surface area contributed by atoms with Crippen LogP contribution in [-0.2, 0) is 6.42 Å². The van der Waals surface area contributed by atoms with Crippen LogP contribution in [0.1, 0.15) is 19.4 Å². The van der Waals surface area contributed by atoms with Gasteiger partial charge >= 0.3 is 0 Å². The largest absolute Gasteiger partial charge is 0.175 e. The molecule has 0 aliphatic carbocycles. The van der Waals surface area contributed by atoms with Gasteiger partial charge in [0, 0.05) is 14.9 Å². The van der Waals surface area contributed by atoms with Crippen LogP contribution in [0.15, 0.2) is 29.2 Å². The highest BCUT2D eigenvalue weighted by molar-refractivity contribution is 8.01. The molecule has 0 saturated carbocycles. The normalized spacial score (nSPS) is 28.5. The molecule has 0 saturated heterocycles. The predicted molar refractivity (Wildman–Crippen MR) is 62.9 cm³/mol. The molecule has 1 aromatic rings. The number of rotatable bonds is 1. The smallest absolute Gasteiger partial charge is 0.0333 e. The quantitative estimate of drug-likeness (QED) is 0.693. The first-order valence-corrected chi connectivity index (χ1v) is 5.90. The molecule has 70 valence electrons. The van der Waals surface area contributed by atoms with Gasteiger partial charge in [-0.15, -0.1) is 11.8 Å². The first-order valence-electron chi connectivity index (χ1n) is 4.57. The highest BCUT2D eigenvalue weighted by Gasteiger charge is 2.36. The summed E-state index contributed by atoms with van der Waals surface area (Å²) < 4.78 is 0.285. The van der Waals surface area contributed by atoms with E-state index in [0.717, 1.165) is 6.42 Å². The molecule has 2 unspecified atom stereocenters. The lowest BCUT2D eigenvalue weighted by molar-refractivity contribution is 0.646. The lowest BCUT2D eigenvalue weighted by Gasteiger charge is -2.26. The number of thioether (sulfide) groups is 1. The molecule has 1 aliphatic heterocycles. The maximum Gasteiger partial charge on any atom is 0.0333 e. The molecular formula is C11H14S2.